The van der Waals surface area contributed by atoms with Crippen LogP contribution in [0, 0.1) is 11.6 Å². The van der Waals surface area contributed by atoms with Gasteiger partial charge in [0.15, 0.2) is 0 Å². The molecule has 0 bridgehead atoms. The van der Waals surface area contributed by atoms with E-state index >= 15 is 8.78 Å². The summed E-state index contributed by atoms with van der Waals surface area (Å²) in [6.07, 6.45) is 10.9. The molecule has 39 heavy (non-hydrogen) atoms. The van der Waals surface area contributed by atoms with Crippen molar-refractivity contribution < 1.29 is 18.3 Å². The molecule has 0 radical (unpaired) electrons. The Bertz CT molecular complexity index is 1430. The number of nitrogens with zero attached hydrogens (tertiary/aromatic N) is 4. The SMILES string of the molecule is NC1CCCC(c2ccncc2Nc2ncc3ccc(-c4c(F)cc(COC5CCOCC5)cc4F)nn23)C1. The predicted octanol–water partition coefficient (Wildman–Crippen LogP) is 5.49. The highest BCUT2D eigenvalue weighted by Gasteiger charge is 2.24. The van der Waals surface area contributed by atoms with Crippen LogP contribution in [-0.2, 0) is 16.1 Å². The number of nitrogens with one attached hydrogen (secondary N) is 1. The van der Waals surface area contributed by atoms with Crippen LogP contribution in [0.25, 0.3) is 16.8 Å². The fraction of sp³-hybridized carbons (Fsp3) is 0.414. The van der Waals surface area contributed by atoms with Crippen LogP contribution in [0.2, 0.25) is 0 Å². The molecule has 1 aromatic carbocycles. The minimum atomic E-state index is -0.690. The van der Waals surface area contributed by atoms with Gasteiger partial charge in [-0.15, -0.1) is 0 Å². The smallest absolute Gasteiger partial charge is 0.229 e. The van der Waals surface area contributed by atoms with Gasteiger partial charge >= 0.3 is 0 Å². The number of hydrogen-bond donors (Lipinski definition) is 2. The molecule has 3 aromatic heterocycles. The summed E-state index contributed by atoms with van der Waals surface area (Å²) in [6.45, 7) is 1.42. The van der Waals surface area contributed by atoms with Crippen molar-refractivity contribution in [3.05, 3.63) is 71.7 Å². The monoisotopic (exact) mass is 534 g/mol. The fourth-order valence-corrected chi connectivity index (χ4v) is 5.61. The molecular weight excluding hydrogens is 502 g/mol. The van der Waals surface area contributed by atoms with Crippen molar-refractivity contribution in [2.24, 2.45) is 5.73 Å². The lowest BCUT2D eigenvalue weighted by molar-refractivity contribution is -0.0391. The Hall–Kier alpha value is -3.47. The molecule has 3 N–H and O–H groups in total. The van der Waals surface area contributed by atoms with Gasteiger partial charge in [-0.2, -0.15) is 9.61 Å². The van der Waals surface area contributed by atoms with Gasteiger partial charge in [0.1, 0.15) is 11.6 Å². The number of pyridine rings is 1. The van der Waals surface area contributed by atoms with Crippen LogP contribution in [-0.4, -0.2) is 44.9 Å². The number of rotatable bonds is 7. The Morgan fingerprint density at radius 1 is 1.05 bits per heavy atom. The lowest BCUT2D eigenvalue weighted by atomic mass is 9.81. The van der Waals surface area contributed by atoms with E-state index in [1.54, 1.807) is 35.2 Å². The summed E-state index contributed by atoms with van der Waals surface area (Å²) in [6, 6.07) is 8.16. The van der Waals surface area contributed by atoms with Crippen molar-refractivity contribution in [3.8, 4) is 11.3 Å². The van der Waals surface area contributed by atoms with Crippen LogP contribution in [0.15, 0.2) is 48.9 Å². The van der Waals surface area contributed by atoms with Crippen LogP contribution in [0.5, 0.6) is 0 Å². The van der Waals surface area contributed by atoms with Gasteiger partial charge < -0.3 is 20.5 Å². The Morgan fingerprint density at radius 2 is 1.87 bits per heavy atom. The third kappa shape index (κ3) is 5.63. The quantitative estimate of drug-likeness (QED) is 0.323. The zero-order chi connectivity index (χ0) is 26.8. The van der Waals surface area contributed by atoms with E-state index in [0.29, 0.717) is 36.2 Å². The molecule has 10 heteroatoms. The minimum Gasteiger partial charge on any atom is -0.381 e. The molecule has 204 valence electrons. The van der Waals surface area contributed by atoms with Crippen molar-refractivity contribution in [2.75, 3.05) is 18.5 Å². The zero-order valence-corrected chi connectivity index (χ0v) is 21.7. The van der Waals surface area contributed by atoms with E-state index in [0.717, 1.165) is 49.8 Å². The summed E-state index contributed by atoms with van der Waals surface area (Å²) in [4.78, 5) is 8.77. The summed E-state index contributed by atoms with van der Waals surface area (Å²) in [5.74, 6) is -0.620. The number of anilines is 2. The average molecular weight is 535 g/mol. The summed E-state index contributed by atoms with van der Waals surface area (Å²) in [5, 5.41) is 7.90. The first-order valence-corrected chi connectivity index (χ1v) is 13.5. The van der Waals surface area contributed by atoms with Crippen molar-refractivity contribution in [2.45, 2.75) is 63.2 Å². The maximum absolute atomic E-state index is 15.2. The first kappa shape index (κ1) is 25.8. The van der Waals surface area contributed by atoms with E-state index in [-0.39, 0.29) is 30.0 Å². The normalized spacial score (nSPS) is 20.4. The second-order valence-corrected chi connectivity index (χ2v) is 10.4. The number of nitrogens with two attached hydrogens (primary N) is 1. The van der Waals surface area contributed by atoms with E-state index in [1.807, 2.05) is 6.07 Å². The minimum absolute atomic E-state index is 0.0379. The van der Waals surface area contributed by atoms with Gasteiger partial charge in [-0.25, -0.2) is 13.8 Å². The fourth-order valence-electron chi connectivity index (χ4n) is 5.61. The van der Waals surface area contributed by atoms with E-state index in [4.69, 9.17) is 15.2 Å². The summed E-state index contributed by atoms with van der Waals surface area (Å²) in [7, 11) is 0. The number of fused-ring (bicyclic) bond motifs is 1. The zero-order valence-electron chi connectivity index (χ0n) is 21.7. The molecule has 0 amide bonds. The number of halogens is 2. The molecule has 2 atom stereocenters. The Kier molecular flexibility index (Phi) is 7.49. The van der Waals surface area contributed by atoms with Crippen LogP contribution >= 0.6 is 0 Å². The van der Waals surface area contributed by atoms with E-state index in [2.05, 4.69) is 20.4 Å². The second kappa shape index (κ2) is 11.3. The molecule has 1 saturated heterocycles. The highest BCUT2D eigenvalue weighted by Crippen LogP contribution is 2.36. The topological polar surface area (TPSA) is 99.6 Å². The number of benzene rings is 1. The molecular formula is C29H32F2N6O2. The van der Waals surface area contributed by atoms with Gasteiger partial charge in [-0.1, -0.05) is 6.42 Å². The number of hydrogen-bond acceptors (Lipinski definition) is 7. The number of ether oxygens (including phenoxy) is 2. The van der Waals surface area contributed by atoms with Crippen LogP contribution < -0.4 is 11.1 Å². The van der Waals surface area contributed by atoms with Gasteiger partial charge in [0.05, 0.1) is 47.6 Å². The molecule has 2 unspecified atom stereocenters. The Morgan fingerprint density at radius 3 is 2.67 bits per heavy atom. The molecule has 1 saturated carbocycles. The Labute approximate surface area is 225 Å². The van der Waals surface area contributed by atoms with Gasteiger partial charge in [-0.3, -0.25) is 4.98 Å². The lowest BCUT2D eigenvalue weighted by Gasteiger charge is -2.28. The van der Waals surface area contributed by atoms with Gasteiger partial charge in [0.2, 0.25) is 5.95 Å². The van der Waals surface area contributed by atoms with Crippen molar-refractivity contribution in [1.82, 2.24) is 19.6 Å². The Balaban J connectivity index is 1.26. The maximum atomic E-state index is 15.2. The molecule has 8 nitrogen and oxygen atoms in total. The van der Waals surface area contributed by atoms with Crippen LogP contribution in [0.1, 0.15) is 55.6 Å². The summed E-state index contributed by atoms with van der Waals surface area (Å²) < 4.78 is 43.2. The van der Waals surface area contributed by atoms with Gasteiger partial charge in [0.25, 0.3) is 0 Å². The standard InChI is InChI=1S/C29H32F2N6O2/c30-24-12-18(17-39-22-7-10-38-11-8-22)13-25(31)28(24)26-5-4-21-15-34-29(37(21)36-26)35-27-16-33-9-6-23(27)19-2-1-3-20(32)14-19/h4-6,9,12-13,15-16,19-20,22H,1-3,7-8,10-11,14,17,32H2,(H,34,35). The van der Waals surface area contributed by atoms with E-state index < -0.39 is 11.6 Å². The third-order valence-corrected chi connectivity index (χ3v) is 7.65. The molecule has 0 spiro atoms. The number of aromatic nitrogens is 4. The average Bonchev–Trinajstić information content (AvgIpc) is 3.34. The summed E-state index contributed by atoms with van der Waals surface area (Å²) in [5.41, 5.74) is 9.30. The third-order valence-electron chi connectivity index (χ3n) is 7.65. The molecule has 2 fully saturated rings. The van der Waals surface area contributed by atoms with Crippen molar-refractivity contribution >= 4 is 17.2 Å². The highest BCUT2D eigenvalue weighted by molar-refractivity contribution is 5.66. The largest absolute Gasteiger partial charge is 0.381 e. The summed E-state index contributed by atoms with van der Waals surface area (Å²) >= 11 is 0. The van der Waals surface area contributed by atoms with Crippen molar-refractivity contribution in [1.29, 1.82) is 0 Å². The molecule has 1 aliphatic heterocycles. The molecule has 2 aliphatic rings. The van der Waals surface area contributed by atoms with E-state index in [9.17, 15) is 0 Å². The van der Waals surface area contributed by atoms with Gasteiger partial charge in [0, 0.05) is 25.5 Å². The van der Waals surface area contributed by atoms with E-state index in [1.165, 1.54) is 12.1 Å². The molecule has 4 aromatic rings. The van der Waals surface area contributed by atoms with Crippen LogP contribution in [0.4, 0.5) is 20.4 Å². The molecule has 4 heterocycles. The lowest BCUT2D eigenvalue weighted by Crippen LogP contribution is -2.27. The molecule has 6 rings (SSSR count). The van der Waals surface area contributed by atoms with Crippen LogP contribution in [0.3, 0.4) is 0 Å². The molecule has 1 aliphatic carbocycles. The highest BCUT2D eigenvalue weighted by atomic mass is 19.1. The number of imidazole rings is 1. The maximum Gasteiger partial charge on any atom is 0.229 e. The first-order valence-electron chi connectivity index (χ1n) is 13.5. The first-order chi connectivity index (χ1) is 19.0. The van der Waals surface area contributed by atoms with Gasteiger partial charge in [-0.05, 0) is 79.5 Å². The second-order valence-electron chi connectivity index (χ2n) is 10.4. The predicted molar refractivity (Wildman–Crippen MR) is 144 cm³/mol. The van der Waals surface area contributed by atoms with Crippen molar-refractivity contribution in [3.63, 3.8) is 0 Å².